The van der Waals surface area contributed by atoms with Gasteiger partial charge in [-0.15, -0.1) is 0 Å². The first kappa shape index (κ1) is 21.2. The van der Waals surface area contributed by atoms with Crippen LogP contribution in [0.2, 0.25) is 0 Å². The maximum absolute atomic E-state index is 12.7. The molecular formula is C18H17ClF3NO3S. The predicted molar refractivity (Wildman–Crippen MR) is 98.6 cm³/mol. The van der Waals surface area contributed by atoms with Gasteiger partial charge in [0.1, 0.15) is 0 Å². The monoisotopic (exact) mass is 419 g/mol. The quantitative estimate of drug-likeness (QED) is 0.652. The molecule has 0 aliphatic carbocycles. The van der Waals surface area contributed by atoms with Crippen LogP contribution < -0.4 is 4.90 Å². The van der Waals surface area contributed by atoms with Crippen LogP contribution >= 0.6 is 11.6 Å². The van der Waals surface area contributed by atoms with E-state index < -0.39 is 26.8 Å². The van der Waals surface area contributed by atoms with Gasteiger partial charge in [-0.1, -0.05) is 6.92 Å². The van der Waals surface area contributed by atoms with Crippen LogP contribution in [-0.4, -0.2) is 27.0 Å². The van der Waals surface area contributed by atoms with Crippen molar-refractivity contribution < 1.29 is 26.4 Å². The van der Waals surface area contributed by atoms with E-state index in [4.69, 9.17) is 11.6 Å². The molecule has 0 bridgehead atoms. The summed E-state index contributed by atoms with van der Waals surface area (Å²) in [7, 11) is -2.20. The van der Waals surface area contributed by atoms with Gasteiger partial charge in [0.05, 0.1) is 16.1 Å². The highest BCUT2D eigenvalue weighted by Gasteiger charge is 2.30. The van der Waals surface area contributed by atoms with Crippen LogP contribution in [-0.2, 0) is 22.4 Å². The van der Waals surface area contributed by atoms with E-state index in [1.54, 1.807) is 6.92 Å². The number of rotatable bonds is 5. The lowest BCUT2D eigenvalue weighted by atomic mass is 10.0. The summed E-state index contributed by atoms with van der Waals surface area (Å²) in [4.78, 5) is 13.0. The Balaban J connectivity index is 2.64. The summed E-state index contributed by atoms with van der Waals surface area (Å²) in [5.41, 5.74) is 0.427. The summed E-state index contributed by atoms with van der Waals surface area (Å²) >= 11 is 5.56. The topological polar surface area (TPSA) is 54.5 Å². The minimum absolute atomic E-state index is 0.0872. The summed E-state index contributed by atoms with van der Waals surface area (Å²) in [6, 6.07) is 7.07. The Hall–Kier alpha value is -2.06. The van der Waals surface area contributed by atoms with E-state index in [0.717, 1.165) is 18.4 Å². The Morgan fingerprint density at radius 1 is 1.15 bits per heavy atom. The Morgan fingerprint density at radius 2 is 1.70 bits per heavy atom. The van der Waals surface area contributed by atoms with Crippen molar-refractivity contribution in [1.29, 1.82) is 0 Å². The average Bonchev–Trinajstić information content (AvgIpc) is 2.58. The van der Waals surface area contributed by atoms with Crippen molar-refractivity contribution in [2.75, 3.05) is 18.2 Å². The summed E-state index contributed by atoms with van der Waals surface area (Å²) in [5.74, 6) is 0. The molecule has 0 saturated carbocycles. The van der Waals surface area contributed by atoms with Crippen molar-refractivity contribution >= 4 is 38.1 Å². The van der Waals surface area contributed by atoms with Crippen molar-refractivity contribution in [3.8, 4) is 0 Å². The number of carbonyl (C=O) groups is 1. The number of halogens is 4. The van der Waals surface area contributed by atoms with E-state index in [2.05, 4.69) is 0 Å². The van der Waals surface area contributed by atoms with Crippen LogP contribution in [0.1, 0.15) is 28.4 Å². The van der Waals surface area contributed by atoms with Gasteiger partial charge in [0.15, 0.2) is 9.84 Å². The molecule has 0 fully saturated rings. The molecule has 2 rings (SSSR count). The summed E-state index contributed by atoms with van der Waals surface area (Å²) < 4.78 is 62.7. The smallest absolute Gasteiger partial charge is 0.344 e. The maximum atomic E-state index is 12.7. The minimum atomic E-state index is -4.47. The SMILES string of the molecule is CCc1cc(N(C)c2ccc(C(F)(F)F)cc2)c(S(C)(=O)=O)cc1C(=O)Cl. The fourth-order valence-corrected chi connectivity index (χ4v) is 3.74. The number of hydrogen-bond acceptors (Lipinski definition) is 4. The van der Waals surface area contributed by atoms with Crippen molar-refractivity contribution in [1.82, 2.24) is 0 Å². The molecule has 0 atom stereocenters. The third kappa shape index (κ3) is 4.62. The lowest BCUT2D eigenvalue weighted by Crippen LogP contribution is -2.16. The minimum Gasteiger partial charge on any atom is -0.344 e. The number of nitrogens with zero attached hydrogens (tertiary/aromatic N) is 1. The maximum Gasteiger partial charge on any atom is 0.416 e. The molecule has 0 aliphatic rings. The number of anilines is 2. The highest BCUT2D eigenvalue weighted by Crippen LogP contribution is 2.35. The molecule has 27 heavy (non-hydrogen) atoms. The molecule has 0 amide bonds. The average molecular weight is 420 g/mol. The molecule has 4 nitrogen and oxygen atoms in total. The Kier molecular flexibility index (Phi) is 5.91. The van der Waals surface area contributed by atoms with E-state index in [1.165, 1.54) is 36.2 Å². The second-order valence-electron chi connectivity index (χ2n) is 5.98. The van der Waals surface area contributed by atoms with Crippen molar-refractivity contribution in [2.45, 2.75) is 24.4 Å². The number of carbonyl (C=O) groups excluding carboxylic acids is 1. The first-order chi connectivity index (χ1) is 12.4. The lowest BCUT2D eigenvalue weighted by Gasteiger charge is -2.24. The summed E-state index contributed by atoms with van der Waals surface area (Å²) in [5, 5.41) is -0.777. The van der Waals surface area contributed by atoms with Gasteiger partial charge < -0.3 is 4.90 Å². The predicted octanol–water partition coefficient (Wildman–Crippen LogP) is 4.82. The third-order valence-corrected chi connectivity index (χ3v) is 5.45. The molecule has 0 unspecified atom stereocenters. The van der Waals surface area contributed by atoms with Gasteiger partial charge in [-0.05, 0) is 60.0 Å². The lowest BCUT2D eigenvalue weighted by molar-refractivity contribution is -0.137. The van der Waals surface area contributed by atoms with Gasteiger partial charge in [0.2, 0.25) is 0 Å². The second-order valence-corrected chi connectivity index (χ2v) is 8.31. The number of aryl methyl sites for hydroxylation is 1. The van der Waals surface area contributed by atoms with Crippen LogP contribution in [0.25, 0.3) is 0 Å². The highest BCUT2D eigenvalue weighted by atomic mass is 35.5. The molecule has 0 N–H and O–H groups in total. The summed E-state index contributed by atoms with van der Waals surface area (Å²) in [6.07, 6.45) is -3.06. The zero-order valence-corrected chi connectivity index (χ0v) is 16.3. The Labute approximate surface area is 160 Å². The van der Waals surface area contributed by atoms with Crippen LogP contribution in [0.15, 0.2) is 41.3 Å². The standard InChI is InChI=1S/C18H17ClF3NO3S/c1-4-11-9-15(16(27(3,25)26)10-14(11)17(19)24)23(2)13-7-5-12(6-8-13)18(20,21)22/h5-10H,4H2,1-3H3. The molecule has 9 heteroatoms. The molecule has 0 aliphatic heterocycles. The first-order valence-corrected chi connectivity index (χ1v) is 10.1. The van der Waals surface area contributed by atoms with Crippen LogP contribution in [0.3, 0.4) is 0 Å². The largest absolute Gasteiger partial charge is 0.416 e. The zero-order chi connectivity index (χ0) is 20.6. The Bertz CT molecular complexity index is 971. The Morgan fingerprint density at radius 3 is 2.11 bits per heavy atom. The zero-order valence-electron chi connectivity index (χ0n) is 14.8. The molecular weight excluding hydrogens is 403 g/mol. The molecule has 2 aromatic rings. The normalized spacial score (nSPS) is 12.1. The molecule has 146 valence electrons. The molecule has 0 aromatic heterocycles. The van der Waals surface area contributed by atoms with Crippen LogP contribution in [0, 0.1) is 0 Å². The molecule has 0 saturated heterocycles. The van der Waals surface area contributed by atoms with E-state index >= 15 is 0 Å². The number of alkyl halides is 3. The van der Waals surface area contributed by atoms with E-state index in [0.29, 0.717) is 17.7 Å². The first-order valence-electron chi connectivity index (χ1n) is 7.84. The van der Waals surface area contributed by atoms with Crippen molar-refractivity contribution in [3.05, 3.63) is 53.1 Å². The number of sulfone groups is 1. The third-order valence-electron chi connectivity index (χ3n) is 4.12. The van der Waals surface area contributed by atoms with Gasteiger partial charge >= 0.3 is 6.18 Å². The van der Waals surface area contributed by atoms with Crippen LogP contribution in [0.4, 0.5) is 24.5 Å². The second kappa shape index (κ2) is 7.52. The van der Waals surface area contributed by atoms with E-state index in [9.17, 15) is 26.4 Å². The van der Waals surface area contributed by atoms with Gasteiger partial charge in [-0.2, -0.15) is 13.2 Å². The van der Waals surface area contributed by atoms with Gasteiger partial charge in [0, 0.05) is 24.6 Å². The highest BCUT2D eigenvalue weighted by molar-refractivity contribution is 7.90. The van der Waals surface area contributed by atoms with Crippen LogP contribution in [0.5, 0.6) is 0 Å². The number of benzene rings is 2. The van der Waals surface area contributed by atoms with E-state index in [1.807, 2.05) is 0 Å². The van der Waals surface area contributed by atoms with Gasteiger partial charge in [-0.3, -0.25) is 4.79 Å². The molecule has 0 heterocycles. The van der Waals surface area contributed by atoms with Gasteiger partial charge in [-0.25, -0.2) is 8.42 Å². The molecule has 0 radical (unpaired) electrons. The van der Waals surface area contributed by atoms with Gasteiger partial charge in [0.25, 0.3) is 5.24 Å². The summed E-state index contributed by atoms with van der Waals surface area (Å²) in [6.45, 7) is 1.78. The fourth-order valence-electron chi connectivity index (χ4n) is 2.66. The molecule has 2 aromatic carbocycles. The van der Waals surface area contributed by atoms with Crippen molar-refractivity contribution in [3.63, 3.8) is 0 Å². The number of hydrogen-bond donors (Lipinski definition) is 0. The van der Waals surface area contributed by atoms with Crippen molar-refractivity contribution in [2.24, 2.45) is 0 Å². The molecule has 0 spiro atoms. The fraction of sp³-hybridized carbons (Fsp3) is 0.278. The van der Waals surface area contributed by atoms with E-state index in [-0.39, 0.29) is 16.1 Å².